The molecule has 14 nitrogen and oxygen atoms in total. The molecule has 0 aliphatic carbocycles. The average Bonchev–Trinajstić information content (AvgIpc) is 3.77. The predicted molar refractivity (Wildman–Crippen MR) is 256 cm³/mol. The molecule has 0 bridgehead atoms. The number of nitrogens with one attached hydrogen (secondary N) is 2. The van der Waals surface area contributed by atoms with E-state index >= 15 is 0 Å². The minimum absolute atomic E-state index is 0.0205. The number of thiazole rings is 1. The van der Waals surface area contributed by atoms with E-state index in [1.807, 2.05) is 65.0 Å². The van der Waals surface area contributed by atoms with Crippen LogP contribution >= 0.6 is 40.2 Å². The van der Waals surface area contributed by atoms with E-state index in [9.17, 15) is 33.9 Å². The van der Waals surface area contributed by atoms with Crippen LogP contribution in [0.4, 0.5) is 4.79 Å². The van der Waals surface area contributed by atoms with E-state index in [0.717, 1.165) is 59.3 Å². The molecular weight excluding hydrogens is 884 g/mol. The van der Waals surface area contributed by atoms with Gasteiger partial charge in [0.25, 0.3) is 5.91 Å². The molecule has 1 fully saturated rings. The quantitative estimate of drug-likeness (QED) is 0.0218. The number of aliphatic hydroxyl groups is 1. The summed E-state index contributed by atoms with van der Waals surface area (Å²) in [6, 6.07) is 7.65. The number of carbonyl (C=O) groups excluding carboxylic acids is 6. The molecule has 3 amide bonds. The molecule has 0 spiro atoms. The predicted octanol–water partition coefficient (Wildman–Crippen LogP) is 7.87. The van der Waals surface area contributed by atoms with Crippen LogP contribution in [0.5, 0.6) is 0 Å². The van der Waals surface area contributed by atoms with Crippen LogP contribution in [0.1, 0.15) is 120 Å². The van der Waals surface area contributed by atoms with E-state index in [-0.39, 0.29) is 64.9 Å². The second-order valence-corrected chi connectivity index (χ2v) is 25.5. The van der Waals surface area contributed by atoms with Gasteiger partial charge in [-0.05, 0) is 18.4 Å². The van der Waals surface area contributed by atoms with Crippen LogP contribution < -0.4 is 10.6 Å². The molecule has 1 aliphatic heterocycles. The topological polar surface area (TPSA) is 191 Å². The number of esters is 2. The van der Waals surface area contributed by atoms with Crippen molar-refractivity contribution in [1.82, 2.24) is 20.5 Å². The fraction of sp³-hybridized carbons (Fsp3) is 0.667. The Morgan fingerprint density at radius 3 is 2.35 bits per heavy atom. The van der Waals surface area contributed by atoms with Gasteiger partial charge in [-0.2, -0.15) is 0 Å². The Morgan fingerprint density at radius 1 is 1.00 bits per heavy atom. The van der Waals surface area contributed by atoms with Gasteiger partial charge >= 0.3 is 288 Å². The SMILES string of the molecule is CCCC(=O)OCN(C(=O)[C@@H](NC(=O)[C@H]1CCCC[PH]1(C)CCSSC(=O)OC)C(C)CC)[C@H](C[C@@H](O)c1nc(C(=O)N[C@@H](Cc2ccccc2)C[C@H](C)C(=O)OC)cs1)C(C)C. The molecule has 18 heteroatoms. The summed E-state index contributed by atoms with van der Waals surface area (Å²) in [6.45, 7) is 13.2. The van der Waals surface area contributed by atoms with Gasteiger partial charge in [0.1, 0.15) is 0 Å². The van der Waals surface area contributed by atoms with Crippen LogP contribution in [-0.4, -0.2) is 119 Å². The second kappa shape index (κ2) is 27.3. The van der Waals surface area contributed by atoms with Crippen LogP contribution in [0.2, 0.25) is 0 Å². The average molecular weight is 955 g/mol. The zero-order chi connectivity index (χ0) is 46.7. The Labute approximate surface area is 386 Å². The van der Waals surface area contributed by atoms with Crippen molar-refractivity contribution in [2.75, 3.05) is 45.7 Å². The Morgan fingerprint density at radius 2 is 1.71 bits per heavy atom. The molecule has 354 valence electrons. The molecule has 1 saturated heterocycles. The molecular formula is C45H71N4O10PS3. The molecule has 63 heavy (non-hydrogen) atoms. The van der Waals surface area contributed by atoms with Crippen molar-refractivity contribution in [3.63, 3.8) is 0 Å². The van der Waals surface area contributed by atoms with Gasteiger partial charge in [-0.25, -0.2) is 0 Å². The number of rotatable bonds is 25. The normalized spacial score (nSPS) is 18.1. The fourth-order valence-electron chi connectivity index (χ4n) is 8.11. The fourth-order valence-corrected chi connectivity index (χ4v) is 16.5. The molecule has 0 saturated carbocycles. The van der Waals surface area contributed by atoms with E-state index < -0.39 is 55.2 Å². The summed E-state index contributed by atoms with van der Waals surface area (Å²) in [7, 11) is 3.03. The summed E-state index contributed by atoms with van der Waals surface area (Å²) in [4.78, 5) is 85.7. The first-order chi connectivity index (χ1) is 30.0. The van der Waals surface area contributed by atoms with Crippen molar-refractivity contribution in [3.8, 4) is 0 Å². The molecule has 3 rings (SSSR count). The Balaban J connectivity index is 1.87. The van der Waals surface area contributed by atoms with Crippen LogP contribution in [0.15, 0.2) is 35.7 Å². The second-order valence-electron chi connectivity index (χ2n) is 17.3. The van der Waals surface area contributed by atoms with Crippen LogP contribution in [0.25, 0.3) is 0 Å². The maximum atomic E-state index is 14.9. The number of ether oxygens (including phenoxy) is 3. The molecule has 0 radical (unpaired) electrons. The summed E-state index contributed by atoms with van der Waals surface area (Å²) in [6.07, 6.45) is 5.49. The first kappa shape index (κ1) is 54.1. The van der Waals surface area contributed by atoms with Gasteiger partial charge in [-0.3, -0.25) is 9.59 Å². The first-order valence-corrected chi connectivity index (χ1v) is 28.4. The molecule has 1 aliphatic rings. The standard InChI is InChI=1S/C45H71N4O10PS3/c1-10-17-38(51)59-28-49(43(54)39(30(5)11-2)48-41(53)37-20-15-16-21-60(37,9)22-23-62-63-45(56)58-8)35(29(3)4)26-36(50)42-47-34(27-61-42)40(52)46-33(24-31(6)44(55)57-7)25-32-18-13-12-14-19-32/h12-14,18-19,27,29-31,33,35-37,39,50,60H,10-11,15-17,20-26,28H2,1-9H3,(H,46,52)(H,48,53)/t30?,31-,33+,35+,36+,37+,39-/m0/s1. The number of hydrogen-bond acceptors (Lipinski definition) is 14. The Kier molecular flexibility index (Phi) is 23.4. The van der Waals surface area contributed by atoms with Crippen LogP contribution in [0, 0.1) is 17.8 Å². The van der Waals surface area contributed by atoms with E-state index in [4.69, 9.17) is 14.2 Å². The van der Waals surface area contributed by atoms with Gasteiger partial charge in [0.15, 0.2) is 0 Å². The van der Waals surface area contributed by atoms with E-state index in [2.05, 4.69) is 22.3 Å². The van der Waals surface area contributed by atoms with Crippen LogP contribution in [-0.2, 0) is 39.8 Å². The van der Waals surface area contributed by atoms with Gasteiger partial charge in [0.05, 0.1) is 13.0 Å². The van der Waals surface area contributed by atoms with E-state index in [1.54, 1.807) is 12.3 Å². The molecule has 1 aromatic carbocycles. The van der Waals surface area contributed by atoms with Gasteiger partial charge < -0.3 is 10.1 Å². The van der Waals surface area contributed by atoms with Crippen molar-refractivity contribution >= 4 is 75.1 Å². The van der Waals surface area contributed by atoms with Crippen molar-refractivity contribution < 1.29 is 48.1 Å². The third-order valence-electron chi connectivity index (χ3n) is 12.2. The third-order valence-corrected chi connectivity index (χ3v) is 20.6. The molecule has 7 atom stereocenters. The third kappa shape index (κ3) is 16.9. The van der Waals surface area contributed by atoms with Crippen LogP contribution in [0.3, 0.4) is 0 Å². The number of carbonyl (C=O) groups is 6. The number of benzene rings is 1. The van der Waals surface area contributed by atoms with Gasteiger partial charge in [0.2, 0.25) is 0 Å². The number of methoxy groups -OCH3 is 2. The Bertz CT molecular complexity index is 1790. The van der Waals surface area contributed by atoms with Gasteiger partial charge in [-0.15, -0.1) is 0 Å². The summed E-state index contributed by atoms with van der Waals surface area (Å²) < 4.78 is 15.4. The number of aliphatic hydroxyl groups excluding tert-OH is 1. The summed E-state index contributed by atoms with van der Waals surface area (Å²) in [5, 5.41) is 19.4. The minimum atomic E-state index is -2.15. The molecule has 2 heterocycles. The summed E-state index contributed by atoms with van der Waals surface area (Å²) in [5.74, 6) is -2.08. The molecule has 1 aromatic heterocycles. The summed E-state index contributed by atoms with van der Waals surface area (Å²) >= 11 is 1.12. The van der Waals surface area contributed by atoms with E-state index in [0.29, 0.717) is 31.4 Å². The maximum absolute atomic E-state index is 14.9. The number of nitrogens with zero attached hydrogens (tertiary/aromatic N) is 2. The van der Waals surface area contributed by atoms with Gasteiger partial charge in [0, 0.05) is 6.04 Å². The first-order valence-electron chi connectivity index (χ1n) is 22.2. The van der Waals surface area contributed by atoms with Crippen molar-refractivity contribution in [1.29, 1.82) is 0 Å². The summed E-state index contributed by atoms with van der Waals surface area (Å²) in [5.41, 5.74) is 0.883. The zero-order valence-corrected chi connectivity index (χ0v) is 42.0. The molecule has 2 aromatic rings. The number of hydrogen-bond donors (Lipinski definition) is 3. The van der Waals surface area contributed by atoms with Crippen molar-refractivity contribution in [3.05, 3.63) is 52.0 Å². The van der Waals surface area contributed by atoms with Crippen molar-refractivity contribution in [2.45, 2.75) is 129 Å². The van der Waals surface area contributed by atoms with Crippen molar-refractivity contribution in [2.24, 2.45) is 17.8 Å². The van der Waals surface area contributed by atoms with E-state index in [1.165, 1.54) is 29.9 Å². The molecule has 1 unspecified atom stereocenters. The monoisotopic (exact) mass is 954 g/mol. The number of amides is 3. The number of aromatic nitrogens is 1. The zero-order valence-electron chi connectivity index (χ0n) is 38.5. The Hall–Kier alpha value is -3.24. The molecule has 3 N–H and O–H groups in total. The van der Waals surface area contributed by atoms with Gasteiger partial charge in [-0.1, -0.05) is 37.3 Å².